The van der Waals surface area contributed by atoms with Crippen LogP contribution >= 0.6 is 0 Å². The Bertz CT molecular complexity index is 6.85. The second-order valence-electron chi connectivity index (χ2n) is 0. The maximum absolute atomic E-state index is 0. The van der Waals surface area contributed by atoms with Gasteiger partial charge in [-0.05, 0) is 0 Å². The van der Waals surface area contributed by atoms with E-state index in [-0.39, 0.29) is 59.8 Å². The topological polar surface area (TPSA) is 31.5 Å². The van der Waals surface area contributed by atoms with Gasteiger partial charge < -0.3 is 42.7 Å². The van der Waals surface area contributed by atoms with Crippen LogP contribution in [0.2, 0.25) is 0 Å². The SMILES string of the molecule is O.[Cl-].[Cl-].[Cl-].[Fe+2]. The summed E-state index contributed by atoms with van der Waals surface area (Å²) in [6.45, 7) is 0. The van der Waals surface area contributed by atoms with Crippen molar-refractivity contribution in [1.29, 1.82) is 0 Å². The standard InChI is InChI=1S/3ClH.Fe.H2O/h3*1H;;1H2/q;;;+2;/p-3. The zero-order valence-corrected chi connectivity index (χ0v) is 5.36. The van der Waals surface area contributed by atoms with Crippen molar-refractivity contribution in [2.45, 2.75) is 0 Å². The monoisotopic (exact) mass is 179 g/mol. The molecule has 1 nitrogen and oxygen atoms in total. The van der Waals surface area contributed by atoms with Crippen molar-refractivity contribution < 1.29 is 59.8 Å². The molecule has 0 bridgehead atoms. The summed E-state index contributed by atoms with van der Waals surface area (Å²) in [5.74, 6) is 0. The second-order valence-corrected chi connectivity index (χ2v) is 0. The van der Waals surface area contributed by atoms with Gasteiger partial charge in [0.1, 0.15) is 0 Å². The predicted octanol–water partition coefficient (Wildman–Crippen LogP) is -9.82. The Morgan fingerprint density at radius 2 is 0.600 bits per heavy atom. The Morgan fingerprint density at radius 1 is 0.600 bits per heavy atom. The normalized spacial score (nSPS) is 0. The maximum atomic E-state index is 0. The Kier molecular flexibility index (Phi) is 1110. The van der Waals surface area contributed by atoms with Gasteiger partial charge in [0, 0.05) is 0 Å². The van der Waals surface area contributed by atoms with Crippen molar-refractivity contribution in [2.75, 3.05) is 0 Å². The van der Waals surface area contributed by atoms with E-state index in [1.807, 2.05) is 0 Å². The second kappa shape index (κ2) is 55.6. The zero-order chi connectivity index (χ0) is 0. The number of hydrogen-bond donors (Lipinski definition) is 0. The third-order valence-electron chi connectivity index (χ3n) is 0. The summed E-state index contributed by atoms with van der Waals surface area (Å²) < 4.78 is 0. The Morgan fingerprint density at radius 3 is 0.600 bits per heavy atom. The molecule has 0 aliphatic rings. The molecule has 2 N–H and O–H groups in total. The molecule has 5 heavy (non-hydrogen) atoms. The molecule has 0 aliphatic heterocycles. The molecule has 0 aliphatic carbocycles. The molecule has 0 saturated carbocycles. The molecular formula is H2Cl3FeO-. The first-order valence-corrected chi connectivity index (χ1v) is 0. The molecule has 5 heteroatoms. The largest absolute Gasteiger partial charge is 2.00 e. The van der Waals surface area contributed by atoms with E-state index in [2.05, 4.69) is 0 Å². The van der Waals surface area contributed by atoms with Crippen LogP contribution in [0.4, 0.5) is 0 Å². The summed E-state index contributed by atoms with van der Waals surface area (Å²) in [4.78, 5) is 0. The van der Waals surface area contributed by atoms with E-state index >= 15 is 0 Å². The van der Waals surface area contributed by atoms with Crippen LogP contribution in [-0.2, 0) is 17.1 Å². The third-order valence-corrected chi connectivity index (χ3v) is 0. The Hall–Kier alpha value is 1.35. The Balaban J connectivity index is 0. The first kappa shape index (κ1) is 99.8. The average molecular weight is 180 g/mol. The number of rotatable bonds is 0. The molecule has 0 fully saturated rings. The van der Waals surface area contributed by atoms with Crippen LogP contribution in [0.1, 0.15) is 0 Å². The molecule has 0 aromatic carbocycles. The van der Waals surface area contributed by atoms with Crippen LogP contribution in [0.15, 0.2) is 0 Å². The molecule has 38 valence electrons. The molecule has 0 rings (SSSR count). The molecule has 0 heterocycles. The van der Waals surface area contributed by atoms with E-state index in [9.17, 15) is 0 Å². The summed E-state index contributed by atoms with van der Waals surface area (Å²) in [7, 11) is 0. The third kappa shape index (κ3) is 33.0. The van der Waals surface area contributed by atoms with Crippen molar-refractivity contribution in [2.24, 2.45) is 0 Å². The fourth-order valence-corrected chi connectivity index (χ4v) is 0. The number of hydrogen-bond acceptors (Lipinski definition) is 0. The maximum Gasteiger partial charge on any atom is 2.00 e. The summed E-state index contributed by atoms with van der Waals surface area (Å²) in [5, 5.41) is 0. The van der Waals surface area contributed by atoms with Gasteiger partial charge in [0.05, 0.1) is 0 Å². The summed E-state index contributed by atoms with van der Waals surface area (Å²) in [6.07, 6.45) is 0. The van der Waals surface area contributed by atoms with Crippen molar-refractivity contribution in [3.8, 4) is 0 Å². The van der Waals surface area contributed by atoms with E-state index in [4.69, 9.17) is 0 Å². The van der Waals surface area contributed by atoms with E-state index in [0.717, 1.165) is 0 Å². The molecule has 0 unspecified atom stereocenters. The van der Waals surface area contributed by atoms with E-state index in [1.54, 1.807) is 0 Å². The first-order valence-electron chi connectivity index (χ1n) is 0. The van der Waals surface area contributed by atoms with Gasteiger partial charge in [-0.25, -0.2) is 0 Å². The van der Waals surface area contributed by atoms with E-state index in [0.29, 0.717) is 0 Å². The van der Waals surface area contributed by atoms with E-state index in [1.165, 1.54) is 0 Å². The first-order chi connectivity index (χ1) is 0. The van der Waals surface area contributed by atoms with Gasteiger partial charge in [0.25, 0.3) is 0 Å². The quantitative estimate of drug-likeness (QED) is 0.332. The van der Waals surface area contributed by atoms with Gasteiger partial charge in [-0.15, -0.1) is 0 Å². The molecule has 0 atom stereocenters. The summed E-state index contributed by atoms with van der Waals surface area (Å²) in [5.41, 5.74) is 0. The van der Waals surface area contributed by atoms with Crippen LogP contribution in [0.5, 0.6) is 0 Å². The van der Waals surface area contributed by atoms with Crippen LogP contribution in [0.25, 0.3) is 0 Å². The number of halogens is 3. The van der Waals surface area contributed by atoms with Gasteiger partial charge in [-0.2, -0.15) is 0 Å². The fraction of sp³-hybridized carbons (Fsp3) is 0. The molecule has 0 aromatic heterocycles. The smallest absolute Gasteiger partial charge is 1.00 e. The fourth-order valence-electron chi connectivity index (χ4n) is 0. The Labute approximate surface area is 59.9 Å². The van der Waals surface area contributed by atoms with Gasteiger partial charge in [0.2, 0.25) is 0 Å². The minimum Gasteiger partial charge on any atom is -1.00 e. The molecule has 0 saturated heterocycles. The van der Waals surface area contributed by atoms with Crippen LogP contribution < -0.4 is 37.2 Å². The molecule has 0 amide bonds. The molecule has 0 radical (unpaired) electrons. The minimum absolute atomic E-state index is 0. The van der Waals surface area contributed by atoms with Gasteiger partial charge in [-0.3, -0.25) is 0 Å². The summed E-state index contributed by atoms with van der Waals surface area (Å²) in [6, 6.07) is 0. The van der Waals surface area contributed by atoms with Crippen molar-refractivity contribution in [1.82, 2.24) is 0 Å². The predicted molar refractivity (Wildman–Crippen MR) is 3.61 cm³/mol. The van der Waals surface area contributed by atoms with Crippen LogP contribution in [-0.4, -0.2) is 5.48 Å². The minimum atomic E-state index is 0. The van der Waals surface area contributed by atoms with Crippen molar-refractivity contribution in [3.63, 3.8) is 0 Å². The van der Waals surface area contributed by atoms with Crippen LogP contribution in [0, 0.1) is 0 Å². The van der Waals surface area contributed by atoms with Gasteiger partial charge in [-0.1, -0.05) is 0 Å². The van der Waals surface area contributed by atoms with Gasteiger partial charge >= 0.3 is 17.1 Å². The van der Waals surface area contributed by atoms with Crippen LogP contribution in [0.3, 0.4) is 0 Å². The van der Waals surface area contributed by atoms with E-state index < -0.39 is 0 Å². The zero-order valence-electron chi connectivity index (χ0n) is 1.99. The molecular weight excluding hydrogens is 178 g/mol. The summed E-state index contributed by atoms with van der Waals surface area (Å²) >= 11 is 0. The van der Waals surface area contributed by atoms with Crippen molar-refractivity contribution in [3.05, 3.63) is 0 Å². The molecule has 0 aromatic rings. The molecule has 0 spiro atoms. The van der Waals surface area contributed by atoms with Crippen molar-refractivity contribution >= 4 is 0 Å². The van der Waals surface area contributed by atoms with Gasteiger partial charge in [0.15, 0.2) is 0 Å². The average Bonchev–Trinajstić information content (AvgIpc) is 0.